The molecule has 2 aromatic carbocycles. The van der Waals surface area contributed by atoms with Crippen molar-refractivity contribution in [3.8, 4) is 22.9 Å². The van der Waals surface area contributed by atoms with Gasteiger partial charge in [0.05, 0.1) is 25.3 Å². The van der Waals surface area contributed by atoms with E-state index in [0.29, 0.717) is 0 Å². The summed E-state index contributed by atoms with van der Waals surface area (Å²) in [5, 5.41) is 0. The number of nitrogens with zero attached hydrogens (tertiary/aromatic N) is 1. The summed E-state index contributed by atoms with van der Waals surface area (Å²) < 4.78 is 11.8. The molecule has 0 atom stereocenters. The van der Waals surface area contributed by atoms with Crippen LogP contribution in [-0.2, 0) is 0 Å². The van der Waals surface area contributed by atoms with Gasteiger partial charge in [0.2, 0.25) is 0 Å². The molecule has 0 bridgehead atoms. The number of methoxy groups -OCH3 is 2. The van der Waals surface area contributed by atoms with Crippen LogP contribution in [0.25, 0.3) is 22.4 Å². The van der Waals surface area contributed by atoms with E-state index in [1.54, 1.807) is 14.2 Å². The molecule has 1 aromatic heterocycles. The largest absolute Gasteiger partial charge is 0.496 e. The van der Waals surface area contributed by atoms with E-state index in [4.69, 9.17) is 9.47 Å². The number of nitrogens with one attached hydrogen (secondary N) is 1. The van der Waals surface area contributed by atoms with E-state index in [0.717, 1.165) is 38.4 Å². The molecule has 3 rings (SSSR count). The molecule has 0 aliphatic rings. The number of ether oxygens (including phenoxy) is 2. The Labute approximate surface area is 124 Å². The van der Waals surface area contributed by atoms with Crippen LogP contribution in [0.5, 0.6) is 11.5 Å². The molecule has 1 heterocycles. The molecule has 102 valence electrons. The third-order valence-corrected chi connectivity index (χ3v) is 3.60. The fourth-order valence-corrected chi connectivity index (χ4v) is 2.55. The number of fused-ring (bicyclic) bond motifs is 1. The first-order valence-corrected chi connectivity index (χ1v) is 6.89. The van der Waals surface area contributed by atoms with E-state index in [1.165, 1.54) is 0 Å². The van der Waals surface area contributed by atoms with Gasteiger partial charge in [0.1, 0.15) is 22.9 Å². The van der Waals surface area contributed by atoms with Gasteiger partial charge in [-0.2, -0.15) is 0 Å². The third kappa shape index (κ3) is 2.14. The lowest BCUT2D eigenvalue weighted by Crippen LogP contribution is -1.93. The highest BCUT2D eigenvalue weighted by Gasteiger charge is 2.16. The van der Waals surface area contributed by atoms with Crippen molar-refractivity contribution in [1.29, 1.82) is 0 Å². The number of rotatable bonds is 3. The van der Waals surface area contributed by atoms with Crippen molar-refractivity contribution in [3.63, 3.8) is 0 Å². The fraction of sp³-hybridized carbons (Fsp3) is 0.133. The first-order valence-electron chi connectivity index (χ1n) is 6.09. The monoisotopic (exact) mass is 332 g/mol. The molecule has 0 aliphatic heterocycles. The summed E-state index contributed by atoms with van der Waals surface area (Å²) >= 11 is 3.46. The second kappa shape index (κ2) is 5.17. The molecule has 4 nitrogen and oxygen atoms in total. The van der Waals surface area contributed by atoms with Gasteiger partial charge in [-0.05, 0) is 30.3 Å². The average molecular weight is 333 g/mol. The van der Waals surface area contributed by atoms with Gasteiger partial charge in [0.15, 0.2) is 0 Å². The Morgan fingerprint density at radius 1 is 1.05 bits per heavy atom. The highest BCUT2D eigenvalue weighted by molar-refractivity contribution is 9.10. The second-order valence-corrected chi connectivity index (χ2v) is 5.20. The average Bonchev–Trinajstić information content (AvgIpc) is 2.88. The van der Waals surface area contributed by atoms with Gasteiger partial charge in [0, 0.05) is 4.47 Å². The molecule has 5 heteroatoms. The zero-order chi connectivity index (χ0) is 14.1. The minimum Gasteiger partial charge on any atom is -0.496 e. The van der Waals surface area contributed by atoms with E-state index in [1.807, 2.05) is 36.4 Å². The molecule has 0 fully saturated rings. The van der Waals surface area contributed by atoms with Crippen molar-refractivity contribution < 1.29 is 9.47 Å². The van der Waals surface area contributed by atoms with E-state index in [2.05, 4.69) is 25.9 Å². The molecule has 0 unspecified atom stereocenters. The Hall–Kier alpha value is -2.01. The van der Waals surface area contributed by atoms with Crippen molar-refractivity contribution in [1.82, 2.24) is 9.97 Å². The molecule has 0 saturated carbocycles. The quantitative estimate of drug-likeness (QED) is 0.788. The predicted octanol–water partition coefficient (Wildman–Crippen LogP) is 4.01. The van der Waals surface area contributed by atoms with Gasteiger partial charge in [-0.1, -0.05) is 22.0 Å². The molecule has 3 aromatic rings. The van der Waals surface area contributed by atoms with Crippen LogP contribution in [0.2, 0.25) is 0 Å². The Balaban J connectivity index is 2.24. The van der Waals surface area contributed by atoms with Crippen LogP contribution in [0.15, 0.2) is 40.9 Å². The number of hydrogen-bond acceptors (Lipinski definition) is 3. The predicted molar refractivity (Wildman–Crippen MR) is 82.3 cm³/mol. The zero-order valence-electron chi connectivity index (χ0n) is 11.1. The van der Waals surface area contributed by atoms with Gasteiger partial charge in [-0.15, -0.1) is 0 Å². The van der Waals surface area contributed by atoms with Crippen molar-refractivity contribution in [2.75, 3.05) is 14.2 Å². The van der Waals surface area contributed by atoms with Crippen LogP contribution >= 0.6 is 15.9 Å². The molecular formula is C15H13BrN2O2. The standard InChI is InChI=1S/C15H13BrN2O2/c1-19-12-4-3-5-13(20-2)14(12)15-17-10-7-6-9(16)8-11(10)18-15/h3-8H,1-2H3,(H,17,18). The van der Waals surface area contributed by atoms with Gasteiger partial charge < -0.3 is 14.5 Å². The number of benzene rings is 2. The van der Waals surface area contributed by atoms with E-state index >= 15 is 0 Å². The summed E-state index contributed by atoms with van der Waals surface area (Å²) in [7, 11) is 3.27. The molecule has 0 amide bonds. The number of imidazole rings is 1. The first-order chi connectivity index (χ1) is 9.72. The van der Waals surface area contributed by atoms with Gasteiger partial charge in [-0.3, -0.25) is 0 Å². The lowest BCUT2D eigenvalue weighted by atomic mass is 10.1. The van der Waals surface area contributed by atoms with E-state index in [9.17, 15) is 0 Å². The maximum atomic E-state index is 5.41. The summed E-state index contributed by atoms with van der Waals surface area (Å²) in [4.78, 5) is 7.91. The molecule has 1 N–H and O–H groups in total. The smallest absolute Gasteiger partial charge is 0.146 e. The number of hydrogen-bond donors (Lipinski definition) is 1. The number of aromatic amines is 1. The molecule has 20 heavy (non-hydrogen) atoms. The highest BCUT2D eigenvalue weighted by Crippen LogP contribution is 2.37. The van der Waals surface area contributed by atoms with Crippen LogP contribution < -0.4 is 9.47 Å². The van der Waals surface area contributed by atoms with Crippen LogP contribution in [0.3, 0.4) is 0 Å². The van der Waals surface area contributed by atoms with Gasteiger partial charge in [-0.25, -0.2) is 4.98 Å². The fourth-order valence-electron chi connectivity index (χ4n) is 2.18. The third-order valence-electron chi connectivity index (χ3n) is 3.11. The number of halogens is 1. The van der Waals surface area contributed by atoms with Crippen LogP contribution in [0, 0.1) is 0 Å². The minimum atomic E-state index is 0.725. The van der Waals surface area contributed by atoms with Crippen molar-refractivity contribution >= 4 is 27.0 Å². The molecule has 0 radical (unpaired) electrons. The van der Waals surface area contributed by atoms with Crippen LogP contribution in [0.4, 0.5) is 0 Å². The number of H-pyrrole nitrogens is 1. The van der Waals surface area contributed by atoms with Crippen molar-refractivity contribution in [2.45, 2.75) is 0 Å². The summed E-state index contributed by atoms with van der Waals surface area (Å²) in [5.74, 6) is 2.18. The SMILES string of the molecule is COc1cccc(OC)c1-c1nc2ccc(Br)cc2[nH]1. The summed E-state index contributed by atoms with van der Waals surface area (Å²) in [6, 6.07) is 11.6. The van der Waals surface area contributed by atoms with Crippen molar-refractivity contribution in [2.24, 2.45) is 0 Å². The van der Waals surface area contributed by atoms with Crippen LogP contribution in [-0.4, -0.2) is 24.2 Å². The number of aromatic nitrogens is 2. The normalized spacial score (nSPS) is 10.8. The highest BCUT2D eigenvalue weighted by atomic mass is 79.9. The Morgan fingerprint density at radius 3 is 2.40 bits per heavy atom. The maximum absolute atomic E-state index is 5.41. The molecule has 0 aliphatic carbocycles. The lowest BCUT2D eigenvalue weighted by Gasteiger charge is -2.10. The Morgan fingerprint density at radius 2 is 1.75 bits per heavy atom. The molecule has 0 spiro atoms. The molecule has 0 saturated heterocycles. The summed E-state index contributed by atoms with van der Waals surface area (Å²) in [6.45, 7) is 0. The first kappa shape index (κ1) is 13.0. The summed E-state index contributed by atoms with van der Waals surface area (Å²) in [6.07, 6.45) is 0. The lowest BCUT2D eigenvalue weighted by molar-refractivity contribution is 0.397. The topological polar surface area (TPSA) is 47.1 Å². The maximum Gasteiger partial charge on any atom is 0.146 e. The van der Waals surface area contributed by atoms with E-state index in [-0.39, 0.29) is 0 Å². The van der Waals surface area contributed by atoms with E-state index < -0.39 is 0 Å². The van der Waals surface area contributed by atoms with Crippen molar-refractivity contribution in [3.05, 3.63) is 40.9 Å². The molecular weight excluding hydrogens is 320 g/mol. The van der Waals surface area contributed by atoms with Gasteiger partial charge in [0.25, 0.3) is 0 Å². The van der Waals surface area contributed by atoms with Crippen LogP contribution in [0.1, 0.15) is 0 Å². The Bertz CT molecular complexity index is 745. The second-order valence-electron chi connectivity index (χ2n) is 4.28. The summed E-state index contributed by atoms with van der Waals surface area (Å²) in [5.41, 5.74) is 2.68. The Kier molecular flexibility index (Phi) is 3.36. The minimum absolute atomic E-state index is 0.725. The van der Waals surface area contributed by atoms with Gasteiger partial charge >= 0.3 is 0 Å². The zero-order valence-corrected chi connectivity index (χ0v) is 12.7.